The number of phenolic OH excluding ortho intramolecular Hbond substituents is 1. The van der Waals surface area contributed by atoms with E-state index in [1.165, 1.54) is 11.0 Å². The summed E-state index contributed by atoms with van der Waals surface area (Å²) >= 11 is 0. The van der Waals surface area contributed by atoms with Crippen LogP contribution in [0.15, 0.2) is 48.0 Å². The molecule has 8 nitrogen and oxygen atoms in total. The summed E-state index contributed by atoms with van der Waals surface area (Å²) in [5, 5.41) is 21.5. The van der Waals surface area contributed by atoms with Gasteiger partial charge in [-0.2, -0.15) is 0 Å². The largest absolute Gasteiger partial charge is 0.507 e. The molecular formula is C29H38N2O6. The van der Waals surface area contributed by atoms with Crippen LogP contribution in [-0.2, 0) is 9.59 Å². The maximum absolute atomic E-state index is 13.3. The molecule has 1 aliphatic rings. The van der Waals surface area contributed by atoms with Crippen LogP contribution in [0.5, 0.6) is 17.2 Å². The molecule has 1 aliphatic heterocycles. The lowest BCUT2D eigenvalue weighted by Gasteiger charge is -2.28. The monoisotopic (exact) mass is 510 g/mol. The number of nitrogens with zero attached hydrogens (tertiary/aromatic N) is 2. The van der Waals surface area contributed by atoms with Crippen molar-refractivity contribution in [2.75, 3.05) is 39.4 Å². The fraction of sp³-hybridized carbons (Fsp3) is 0.448. The van der Waals surface area contributed by atoms with E-state index in [9.17, 15) is 19.8 Å². The third-order valence-electron chi connectivity index (χ3n) is 6.40. The second-order valence-electron chi connectivity index (χ2n) is 9.41. The van der Waals surface area contributed by atoms with Gasteiger partial charge in [-0.3, -0.25) is 9.59 Å². The number of rotatable bonds is 12. The van der Waals surface area contributed by atoms with Crippen LogP contribution in [0.25, 0.3) is 5.76 Å². The topological polar surface area (TPSA) is 99.5 Å². The lowest BCUT2D eigenvalue weighted by atomic mass is 9.95. The van der Waals surface area contributed by atoms with Gasteiger partial charge in [0.1, 0.15) is 11.5 Å². The Morgan fingerprint density at radius 3 is 2.30 bits per heavy atom. The predicted octanol–water partition coefficient (Wildman–Crippen LogP) is 4.59. The number of ether oxygens (including phenoxy) is 2. The van der Waals surface area contributed by atoms with Crippen molar-refractivity contribution in [3.63, 3.8) is 0 Å². The molecule has 1 saturated heterocycles. The second kappa shape index (κ2) is 12.6. The molecule has 1 fully saturated rings. The van der Waals surface area contributed by atoms with Crippen molar-refractivity contribution in [1.29, 1.82) is 0 Å². The van der Waals surface area contributed by atoms with Gasteiger partial charge in [-0.1, -0.05) is 33.8 Å². The number of hydrogen-bond acceptors (Lipinski definition) is 7. The fourth-order valence-electron chi connectivity index (χ4n) is 4.35. The number of likely N-dealkylation sites (N-methyl/N-ethyl adjacent to an activating group) is 1. The summed E-state index contributed by atoms with van der Waals surface area (Å²) in [5.41, 5.74) is 0.986. The number of aliphatic hydroxyl groups excluding tert-OH is 1. The molecule has 0 saturated carbocycles. The SMILES string of the molecule is CCOc1cc(C2/C(=C(/O)c3ccc(OCC(C)C)cc3)C(=O)C(=O)N2CCN(CC)CC)ccc1O. The van der Waals surface area contributed by atoms with Gasteiger partial charge in [0.2, 0.25) is 0 Å². The zero-order valence-corrected chi connectivity index (χ0v) is 22.4. The highest BCUT2D eigenvalue weighted by atomic mass is 16.5. The average molecular weight is 511 g/mol. The number of aliphatic hydroxyl groups is 1. The van der Waals surface area contributed by atoms with E-state index in [1.807, 2.05) is 13.8 Å². The summed E-state index contributed by atoms with van der Waals surface area (Å²) in [6, 6.07) is 10.7. The van der Waals surface area contributed by atoms with Gasteiger partial charge >= 0.3 is 0 Å². The van der Waals surface area contributed by atoms with Crippen molar-refractivity contribution >= 4 is 17.4 Å². The highest BCUT2D eigenvalue weighted by molar-refractivity contribution is 6.46. The van der Waals surface area contributed by atoms with Crippen molar-refractivity contribution < 1.29 is 29.3 Å². The Hall–Kier alpha value is -3.52. The number of aromatic hydroxyl groups is 1. The van der Waals surface area contributed by atoms with Crippen LogP contribution in [0, 0.1) is 5.92 Å². The minimum Gasteiger partial charge on any atom is -0.507 e. The third kappa shape index (κ3) is 6.43. The van der Waals surface area contributed by atoms with Crippen molar-refractivity contribution in [2.24, 2.45) is 5.92 Å². The molecule has 0 aromatic heterocycles. The Morgan fingerprint density at radius 2 is 1.70 bits per heavy atom. The van der Waals surface area contributed by atoms with Crippen molar-refractivity contribution in [2.45, 2.75) is 40.7 Å². The number of Topliss-reactive ketones (excluding diaryl/α,β-unsaturated/α-hetero) is 1. The number of ketones is 1. The molecule has 8 heteroatoms. The van der Waals surface area contributed by atoms with Gasteiger partial charge in [0.15, 0.2) is 11.5 Å². The molecule has 1 heterocycles. The minimum atomic E-state index is -0.827. The molecule has 1 unspecified atom stereocenters. The summed E-state index contributed by atoms with van der Waals surface area (Å²) in [6.45, 7) is 13.4. The van der Waals surface area contributed by atoms with E-state index in [0.29, 0.717) is 49.1 Å². The fourth-order valence-corrected chi connectivity index (χ4v) is 4.35. The summed E-state index contributed by atoms with van der Waals surface area (Å²) in [5.74, 6) is -0.428. The third-order valence-corrected chi connectivity index (χ3v) is 6.40. The maximum Gasteiger partial charge on any atom is 0.295 e. The minimum absolute atomic E-state index is 0.00790. The summed E-state index contributed by atoms with van der Waals surface area (Å²) in [7, 11) is 0. The van der Waals surface area contributed by atoms with Crippen molar-refractivity contribution in [1.82, 2.24) is 9.80 Å². The summed E-state index contributed by atoms with van der Waals surface area (Å²) in [4.78, 5) is 30.2. The normalized spacial score (nSPS) is 17.2. The standard InChI is InChI=1S/C29H38N2O6/c1-6-30(7-2)15-16-31-26(21-11-14-23(32)24(17-21)36-8-3)25(28(34)29(31)35)27(33)20-9-12-22(13-10-20)37-18-19(4)5/h9-14,17,19,26,32-33H,6-8,15-16,18H2,1-5H3/b27-25-. The lowest BCUT2D eigenvalue weighted by Crippen LogP contribution is -2.38. The van der Waals surface area contributed by atoms with Crippen molar-refractivity contribution in [3.05, 3.63) is 59.2 Å². The first kappa shape index (κ1) is 28.1. The van der Waals surface area contributed by atoms with Gasteiger partial charge in [0, 0.05) is 18.7 Å². The second-order valence-corrected chi connectivity index (χ2v) is 9.41. The van der Waals surface area contributed by atoms with Gasteiger partial charge < -0.3 is 29.5 Å². The van der Waals surface area contributed by atoms with Gasteiger partial charge in [-0.15, -0.1) is 0 Å². The molecule has 0 radical (unpaired) electrons. The first-order valence-corrected chi connectivity index (χ1v) is 12.9. The Labute approximate surface area is 219 Å². The molecule has 0 bridgehead atoms. The van der Waals surface area contributed by atoms with Crippen LogP contribution in [0.4, 0.5) is 0 Å². The Bertz CT molecular complexity index is 1120. The van der Waals surface area contributed by atoms with Crippen LogP contribution >= 0.6 is 0 Å². The molecule has 1 amide bonds. The zero-order chi connectivity index (χ0) is 27.1. The zero-order valence-electron chi connectivity index (χ0n) is 22.4. The van der Waals surface area contributed by atoms with Gasteiger partial charge in [-0.05, 0) is 67.9 Å². The van der Waals surface area contributed by atoms with Crippen LogP contribution in [0.1, 0.15) is 51.8 Å². The molecule has 1 atom stereocenters. The smallest absolute Gasteiger partial charge is 0.295 e. The molecule has 0 spiro atoms. The van der Waals surface area contributed by atoms with Crippen molar-refractivity contribution in [3.8, 4) is 17.2 Å². The molecule has 0 aliphatic carbocycles. The molecule has 2 N–H and O–H groups in total. The summed E-state index contributed by atoms with van der Waals surface area (Å²) < 4.78 is 11.3. The van der Waals surface area contributed by atoms with E-state index in [-0.39, 0.29) is 22.8 Å². The van der Waals surface area contributed by atoms with Crippen LogP contribution in [0.2, 0.25) is 0 Å². The van der Waals surface area contributed by atoms with Crippen LogP contribution in [0.3, 0.4) is 0 Å². The number of likely N-dealkylation sites (tertiary alicyclic amines) is 1. The van der Waals surface area contributed by atoms with Crippen LogP contribution < -0.4 is 9.47 Å². The van der Waals surface area contributed by atoms with E-state index in [4.69, 9.17) is 9.47 Å². The first-order valence-electron chi connectivity index (χ1n) is 12.9. The van der Waals surface area contributed by atoms with E-state index in [2.05, 4.69) is 18.7 Å². The number of amides is 1. The Morgan fingerprint density at radius 1 is 1.03 bits per heavy atom. The number of carbonyl (C=O) groups excluding carboxylic acids is 2. The van der Waals surface area contributed by atoms with E-state index in [1.54, 1.807) is 43.3 Å². The number of phenols is 1. The Balaban J connectivity index is 2.07. The molecule has 37 heavy (non-hydrogen) atoms. The first-order chi connectivity index (χ1) is 17.7. The number of hydrogen-bond donors (Lipinski definition) is 2. The van der Waals surface area contributed by atoms with Gasteiger partial charge in [0.05, 0.1) is 24.8 Å². The quantitative estimate of drug-likeness (QED) is 0.245. The highest BCUT2D eigenvalue weighted by Gasteiger charge is 2.46. The Kier molecular flexibility index (Phi) is 9.58. The number of benzene rings is 2. The predicted molar refractivity (Wildman–Crippen MR) is 143 cm³/mol. The molecule has 3 rings (SSSR count). The molecular weight excluding hydrogens is 472 g/mol. The maximum atomic E-state index is 13.3. The van der Waals surface area contributed by atoms with Gasteiger partial charge in [0.25, 0.3) is 11.7 Å². The average Bonchev–Trinajstić information content (AvgIpc) is 3.14. The molecule has 200 valence electrons. The van der Waals surface area contributed by atoms with E-state index < -0.39 is 17.7 Å². The lowest BCUT2D eigenvalue weighted by molar-refractivity contribution is -0.140. The highest BCUT2D eigenvalue weighted by Crippen LogP contribution is 2.41. The molecule has 2 aromatic carbocycles. The van der Waals surface area contributed by atoms with E-state index in [0.717, 1.165) is 13.1 Å². The van der Waals surface area contributed by atoms with Crippen LogP contribution in [-0.4, -0.2) is 71.1 Å². The van der Waals surface area contributed by atoms with E-state index >= 15 is 0 Å². The summed E-state index contributed by atoms with van der Waals surface area (Å²) in [6.07, 6.45) is 0. The molecule has 2 aromatic rings. The van der Waals surface area contributed by atoms with Gasteiger partial charge in [-0.25, -0.2) is 0 Å². The number of carbonyl (C=O) groups is 2.